The maximum absolute atomic E-state index is 13.3. The van der Waals surface area contributed by atoms with Crippen molar-refractivity contribution in [3.05, 3.63) is 89.5 Å². The van der Waals surface area contributed by atoms with Crippen molar-refractivity contribution in [2.75, 3.05) is 13.7 Å². The van der Waals surface area contributed by atoms with Gasteiger partial charge in [-0.3, -0.25) is 4.79 Å². The van der Waals surface area contributed by atoms with Crippen LogP contribution in [0.3, 0.4) is 0 Å². The van der Waals surface area contributed by atoms with Crippen LogP contribution in [0.25, 0.3) is 0 Å². The molecule has 0 radical (unpaired) electrons. The topological polar surface area (TPSA) is 93.7 Å². The highest BCUT2D eigenvalue weighted by Crippen LogP contribution is 2.25. The van der Waals surface area contributed by atoms with Crippen LogP contribution in [-0.2, 0) is 21.2 Å². The van der Waals surface area contributed by atoms with Crippen molar-refractivity contribution >= 4 is 15.9 Å². The van der Waals surface area contributed by atoms with Crippen molar-refractivity contribution in [3.63, 3.8) is 0 Å². The molecule has 3 aromatic rings. The van der Waals surface area contributed by atoms with Crippen molar-refractivity contribution in [2.45, 2.75) is 44.2 Å². The van der Waals surface area contributed by atoms with Crippen LogP contribution in [0, 0.1) is 6.92 Å². The summed E-state index contributed by atoms with van der Waals surface area (Å²) in [5.41, 5.74) is 2.33. The van der Waals surface area contributed by atoms with E-state index in [1.54, 1.807) is 26.2 Å². The fourth-order valence-corrected chi connectivity index (χ4v) is 5.10. The van der Waals surface area contributed by atoms with Gasteiger partial charge in [-0.05, 0) is 62.6 Å². The van der Waals surface area contributed by atoms with E-state index in [0.29, 0.717) is 23.7 Å². The number of amides is 1. The SMILES string of the molecule is CCOc1ccc(S(=O)(=O)N[C@H](Cc2ccccc2)C(=O)N[C@@H](C)c2ccccc2OC)cc1C. The number of methoxy groups -OCH3 is 1. The molecule has 0 spiro atoms. The number of hydrogen-bond acceptors (Lipinski definition) is 5. The van der Waals surface area contributed by atoms with E-state index in [9.17, 15) is 13.2 Å². The predicted molar refractivity (Wildman–Crippen MR) is 136 cm³/mol. The average molecular weight is 497 g/mol. The average Bonchev–Trinajstić information content (AvgIpc) is 2.85. The van der Waals surface area contributed by atoms with Crippen LogP contribution in [0.15, 0.2) is 77.7 Å². The van der Waals surface area contributed by atoms with Gasteiger partial charge in [-0.2, -0.15) is 4.72 Å². The van der Waals surface area contributed by atoms with Crippen LogP contribution in [0.2, 0.25) is 0 Å². The number of carbonyl (C=O) groups is 1. The zero-order valence-corrected chi connectivity index (χ0v) is 21.3. The third-order valence-corrected chi connectivity index (χ3v) is 7.09. The van der Waals surface area contributed by atoms with E-state index in [1.807, 2.05) is 68.4 Å². The Morgan fingerprint density at radius 1 is 0.971 bits per heavy atom. The summed E-state index contributed by atoms with van der Waals surface area (Å²) in [6.45, 7) is 5.96. The van der Waals surface area contributed by atoms with Gasteiger partial charge in [-0.25, -0.2) is 8.42 Å². The number of nitrogens with one attached hydrogen (secondary N) is 2. The predicted octanol–water partition coefficient (Wildman–Crippen LogP) is 4.17. The van der Waals surface area contributed by atoms with Crippen molar-refractivity contribution in [3.8, 4) is 11.5 Å². The lowest BCUT2D eigenvalue weighted by atomic mass is 10.0. The normalized spacial score (nSPS) is 13.0. The van der Waals surface area contributed by atoms with Gasteiger partial charge >= 0.3 is 0 Å². The molecular weight excluding hydrogens is 464 g/mol. The summed E-state index contributed by atoms with van der Waals surface area (Å²) in [4.78, 5) is 13.4. The summed E-state index contributed by atoms with van der Waals surface area (Å²) in [5, 5.41) is 2.94. The van der Waals surface area contributed by atoms with Crippen LogP contribution < -0.4 is 19.5 Å². The van der Waals surface area contributed by atoms with E-state index >= 15 is 0 Å². The summed E-state index contributed by atoms with van der Waals surface area (Å²) >= 11 is 0. The molecule has 0 bridgehead atoms. The quantitative estimate of drug-likeness (QED) is 0.416. The van der Waals surface area contributed by atoms with Gasteiger partial charge in [-0.15, -0.1) is 0 Å². The number of sulfonamides is 1. The van der Waals surface area contributed by atoms with E-state index in [2.05, 4.69) is 10.0 Å². The Kier molecular flexibility index (Phi) is 8.89. The number of hydrogen-bond donors (Lipinski definition) is 2. The van der Waals surface area contributed by atoms with Crippen molar-refractivity contribution in [1.82, 2.24) is 10.0 Å². The molecule has 0 fully saturated rings. The molecular formula is C27H32N2O5S. The maximum atomic E-state index is 13.3. The van der Waals surface area contributed by atoms with Crippen LogP contribution in [0.5, 0.6) is 11.5 Å². The minimum Gasteiger partial charge on any atom is -0.496 e. The number of para-hydroxylation sites is 1. The zero-order valence-electron chi connectivity index (χ0n) is 20.4. The molecule has 0 aliphatic rings. The van der Waals surface area contributed by atoms with E-state index in [1.165, 1.54) is 6.07 Å². The Morgan fingerprint density at radius 2 is 1.66 bits per heavy atom. The van der Waals surface area contributed by atoms with Crippen LogP contribution >= 0.6 is 0 Å². The van der Waals surface area contributed by atoms with E-state index < -0.39 is 28.0 Å². The standard InChI is InChI=1S/C27H32N2O5S/c1-5-34-25-16-15-22(17-19(25)2)35(31,32)29-24(18-21-11-7-6-8-12-21)27(30)28-20(3)23-13-9-10-14-26(23)33-4/h6-17,20,24,29H,5,18H2,1-4H3,(H,28,30)/t20-,24+/m0/s1. The number of rotatable bonds is 11. The third kappa shape index (κ3) is 6.83. The number of carbonyl (C=O) groups excluding carboxylic acids is 1. The Balaban J connectivity index is 1.86. The number of benzene rings is 3. The van der Waals surface area contributed by atoms with Gasteiger partial charge in [0.15, 0.2) is 0 Å². The van der Waals surface area contributed by atoms with Gasteiger partial charge in [0.1, 0.15) is 17.5 Å². The third-order valence-electron chi connectivity index (χ3n) is 5.62. The Hall–Kier alpha value is -3.36. The minimum absolute atomic E-state index is 0.0714. The maximum Gasteiger partial charge on any atom is 0.241 e. The lowest BCUT2D eigenvalue weighted by molar-refractivity contribution is -0.123. The first-order valence-corrected chi connectivity index (χ1v) is 13.0. The molecule has 3 rings (SSSR count). The first kappa shape index (κ1) is 26.2. The summed E-state index contributed by atoms with van der Waals surface area (Å²) in [5.74, 6) is 0.833. The highest BCUT2D eigenvalue weighted by Gasteiger charge is 2.28. The van der Waals surface area contributed by atoms with Crippen molar-refractivity contribution in [1.29, 1.82) is 0 Å². The molecule has 2 N–H and O–H groups in total. The molecule has 8 heteroatoms. The molecule has 3 aromatic carbocycles. The second-order valence-electron chi connectivity index (χ2n) is 8.20. The lowest BCUT2D eigenvalue weighted by Crippen LogP contribution is -2.48. The molecule has 35 heavy (non-hydrogen) atoms. The smallest absolute Gasteiger partial charge is 0.241 e. The van der Waals surface area contributed by atoms with Gasteiger partial charge in [0.25, 0.3) is 0 Å². The van der Waals surface area contributed by atoms with Gasteiger partial charge in [0, 0.05) is 5.56 Å². The van der Waals surface area contributed by atoms with E-state index in [4.69, 9.17) is 9.47 Å². The van der Waals surface area contributed by atoms with E-state index in [0.717, 1.165) is 11.1 Å². The first-order valence-electron chi connectivity index (χ1n) is 11.5. The summed E-state index contributed by atoms with van der Waals surface area (Å²) in [7, 11) is -2.42. The Labute approximate surface area is 207 Å². The van der Waals surface area contributed by atoms with Crippen molar-refractivity contribution < 1.29 is 22.7 Å². The largest absolute Gasteiger partial charge is 0.496 e. The monoisotopic (exact) mass is 496 g/mol. The van der Waals surface area contributed by atoms with Crippen LogP contribution in [-0.4, -0.2) is 34.1 Å². The molecule has 0 aromatic heterocycles. The zero-order chi connectivity index (χ0) is 25.4. The molecule has 186 valence electrons. The Bertz CT molecular complexity index is 1250. The summed E-state index contributed by atoms with van der Waals surface area (Å²) in [6.07, 6.45) is 0.195. The Morgan fingerprint density at radius 3 is 2.31 bits per heavy atom. The highest BCUT2D eigenvalue weighted by atomic mass is 32.2. The second kappa shape index (κ2) is 11.9. The van der Waals surface area contributed by atoms with Gasteiger partial charge in [0.2, 0.25) is 15.9 Å². The molecule has 7 nitrogen and oxygen atoms in total. The molecule has 0 aliphatic heterocycles. The molecule has 0 saturated heterocycles. The highest BCUT2D eigenvalue weighted by molar-refractivity contribution is 7.89. The van der Waals surface area contributed by atoms with E-state index in [-0.39, 0.29) is 11.3 Å². The molecule has 0 saturated carbocycles. The van der Waals surface area contributed by atoms with Gasteiger partial charge in [0.05, 0.1) is 24.7 Å². The minimum atomic E-state index is -3.98. The molecule has 1 amide bonds. The second-order valence-corrected chi connectivity index (χ2v) is 9.91. The lowest BCUT2D eigenvalue weighted by Gasteiger charge is -2.23. The molecule has 0 aliphatic carbocycles. The fraction of sp³-hybridized carbons (Fsp3) is 0.296. The first-order chi connectivity index (χ1) is 16.7. The summed E-state index contributed by atoms with van der Waals surface area (Å²) in [6, 6.07) is 19.9. The fourth-order valence-electron chi connectivity index (χ4n) is 3.82. The molecule has 2 atom stereocenters. The molecule has 0 unspecified atom stereocenters. The molecule has 0 heterocycles. The number of aryl methyl sites for hydroxylation is 1. The van der Waals surface area contributed by atoms with Crippen LogP contribution in [0.4, 0.5) is 0 Å². The number of ether oxygens (including phenoxy) is 2. The van der Waals surface area contributed by atoms with Gasteiger partial charge < -0.3 is 14.8 Å². The van der Waals surface area contributed by atoms with Gasteiger partial charge in [-0.1, -0.05) is 48.5 Å². The van der Waals surface area contributed by atoms with Crippen LogP contribution in [0.1, 0.15) is 36.6 Å². The summed E-state index contributed by atoms with van der Waals surface area (Å²) < 4.78 is 40.1. The van der Waals surface area contributed by atoms with Crippen molar-refractivity contribution in [2.24, 2.45) is 0 Å².